The first-order valence-corrected chi connectivity index (χ1v) is 9.51. The van der Waals surface area contributed by atoms with Gasteiger partial charge in [-0.3, -0.25) is 9.80 Å². The average molecular weight is 384 g/mol. The Balaban J connectivity index is 1.59. The fraction of sp³-hybridized carbons (Fsp3) is 0.333. The fourth-order valence-corrected chi connectivity index (χ4v) is 3.71. The highest BCUT2D eigenvalue weighted by molar-refractivity contribution is 6.33. The third-order valence-electron chi connectivity index (χ3n) is 5.20. The van der Waals surface area contributed by atoms with E-state index in [4.69, 9.17) is 16.3 Å². The number of carbonyl (C=O) groups excluding carboxylic acids is 1. The second kappa shape index (κ2) is 6.89. The summed E-state index contributed by atoms with van der Waals surface area (Å²) in [6.07, 6.45) is 0.879. The van der Waals surface area contributed by atoms with Crippen LogP contribution in [0, 0.1) is 0 Å². The number of hydrogen-bond acceptors (Lipinski definition) is 4. The van der Waals surface area contributed by atoms with Crippen molar-refractivity contribution < 1.29 is 9.53 Å². The van der Waals surface area contributed by atoms with Crippen LogP contribution in [0.3, 0.4) is 0 Å². The molecule has 0 bridgehead atoms. The SMILES string of the molecule is CC1=NN(c2cccc(C(=O)N(C)c3ccc4c(c3)CCO4)c2)C(C)C1Cl. The molecule has 0 saturated heterocycles. The summed E-state index contributed by atoms with van der Waals surface area (Å²) < 4.78 is 5.55. The summed E-state index contributed by atoms with van der Waals surface area (Å²) in [6.45, 7) is 4.66. The molecule has 27 heavy (non-hydrogen) atoms. The Bertz CT molecular complexity index is 927. The molecule has 0 N–H and O–H groups in total. The van der Waals surface area contributed by atoms with Crippen molar-refractivity contribution in [2.45, 2.75) is 31.7 Å². The quantitative estimate of drug-likeness (QED) is 0.750. The van der Waals surface area contributed by atoms with E-state index in [-0.39, 0.29) is 17.3 Å². The number of halogens is 1. The third-order valence-corrected chi connectivity index (χ3v) is 5.88. The van der Waals surface area contributed by atoms with E-state index in [0.29, 0.717) is 12.2 Å². The number of hydrazone groups is 1. The molecule has 2 aliphatic heterocycles. The van der Waals surface area contributed by atoms with E-state index < -0.39 is 0 Å². The Morgan fingerprint density at radius 2 is 2.11 bits per heavy atom. The van der Waals surface area contributed by atoms with Gasteiger partial charge < -0.3 is 9.64 Å². The van der Waals surface area contributed by atoms with Crippen molar-refractivity contribution in [1.29, 1.82) is 0 Å². The van der Waals surface area contributed by atoms with E-state index in [9.17, 15) is 4.79 Å². The smallest absolute Gasteiger partial charge is 0.258 e. The Morgan fingerprint density at radius 1 is 1.30 bits per heavy atom. The van der Waals surface area contributed by atoms with E-state index in [0.717, 1.165) is 34.8 Å². The molecule has 0 fully saturated rings. The van der Waals surface area contributed by atoms with Gasteiger partial charge in [-0.2, -0.15) is 5.10 Å². The van der Waals surface area contributed by atoms with Crippen molar-refractivity contribution in [2.24, 2.45) is 5.10 Å². The second-order valence-electron chi connectivity index (χ2n) is 7.03. The Kier molecular flexibility index (Phi) is 4.56. The van der Waals surface area contributed by atoms with E-state index in [1.807, 2.05) is 61.3 Å². The number of anilines is 2. The molecule has 6 heteroatoms. The Labute approximate surface area is 164 Å². The number of alkyl halides is 1. The van der Waals surface area contributed by atoms with E-state index >= 15 is 0 Å². The number of ether oxygens (including phenoxy) is 1. The number of amides is 1. The molecule has 2 aromatic carbocycles. The van der Waals surface area contributed by atoms with Crippen LogP contribution in [0.15, 0.2) is 47.6 Å². The predicted molar refractivity (Wildman–Crippen MR) is 110 cm³/mol. The van der Waals surface area contributed by atoms with Crippen LogP contribution in [0.1, 0.15) is 29.8 Å². The first-order valence-electron chi connectivity index (χ1n) is 9.08. The van der Waals surface area contributed by atoms with Crippen LogP contribution in [0.5, 0.6) is 5.75 Å². The molecule has 2 aromatic rings. The largest absolute Gasteiger partial charge is 0.493 e. The van der Waals surface area contributed by atoms with Crippen LogP contribution in [0.25, 0.3) is 0 Å². The first-order chi connectivity index (χ1) is 13.0. The molecule has 2 atom stereocenters. The van der Waals surface area contributed by atoms with Gasteiger partial charge in [-0.05, 0) is 55.8 Å². The van der Waals surface area contributed by atoms with Crippen molar-refractivity contribution >= 4 is 34.6 Å². The van der Waals surface area contributed by atoms with E-state index in [1.165, 1.54) is 0 Å². The van der Waals surface area contributed by atoms with Gasteiger partial charge in [-0.1, -0.05) is 6.07 Å². The van der Waals surface area contributed by atoms with Gasteiger partial charge in [0, 0.05) is 24.7 Å². The zero-order valence-corrected chi connectivity index (χ0v) is 16.4. The standard InChI is InChI=1S/C21H22ClN3O2/c1-13-20(22)14(2)25(23-13)18-6-4-5-16(12-18)21(26)24(3)17-7-8-19-15(11-17)9-10-27-19/h4-8,11-12,14,20H,9-10H2,1-3H3. The Morgan fingerprint density at radius 3 is 2.85 bits per heavy atom. The summed E-state index contributed by atoms with van der Waals surface area (Å²) in [5.74, 6) is 0.846. The molecular formula is C21H22ClN3O2. The summed E-state index contributed by atoms with van der Waals surface area (Å²) >= 11 is 6.38. The number of hydrogen-bond donors (Lipinski definition) is 0. The molecule has 1 amide bonds. The van der Waals surface area contributed by atoms with Crippen molar-refractivity contribution in [3.05, 3.63) is 53.6 Å². The monoisotopic (exact) mass is 383 g/mol. The highest BCUT2D eigenvalue weighted by Crippen LogP contribution is 2.31. The van der Waals surface area contributed by atoms with E-state index in [1.54, 1.807) is 11.9 Å². The maximum absolute atomic E-state index is 13.0. The van der Waals surface area contributed by atoms with Crippen molar-refractivity contribution in [1.82, 2.24) is 0 Å². The van der Waals surface area contributed by atoms with Crippen LogP contribution in [-0.2, 0) is 6.42 Å². The minimum Gasteiger partial charge on any atom is -0.493 e. The topological polar surface area (TPSA) is 45.1 Å². The van der Waals surface area contributed by atoms with Crippen LogP contribution in [0.2, 0.25) is 0 Å². The normalized spacial score (nSPS) is 20.9. The fourth-order valence-electron chi connectivity index (χ4n) is 3.56. The van der Waals surface area contributed by atoms with Gasteiger partial charge in [-0.15, -0.1) is 11.6 Å². The molecule has 0 aromatic heterocycles. The summed E-state index contributed by atoms with van der Waals surface area (Å²) in [7, 11) is 1.79. The van der Waals surface area contributed by atoms with Gasteiger partial charge in [0.15, 0.2) is 0 Å². The summed E-state index contributed by atoms with van der Waals surface area (Å²) in [6, 6.07) is 13.5. The number of carbonyl (C=O) groups is 1. The van der Waals surface area contributed by atoms with Crippen molar-refractivity contribution in [2.75, 3.05) is 23.6 Å². The number of nitrogens with zero attached hydrogens (tertiary/aromatic N) is 3. The third kappa shape index (κ3) is 3.16. The lowest BCUT2D eigenvalue weighted by molar-refractivity contribution is 0.0993. The average Bonchev–Trinajstić information content (AvgIpc) is 3.26. The summed E-state index contributed by atoms with van der Waals surface area (Å²) in [4.78, 5) is 14.7. The molecule has 5 nitrogen and oxygen atoms in total. The number of benzene rings is 2. The highest BCUT2D eigenvalue weighted by atomic mass is 35.5. The molecule has 0 saturated carbocycles. The van der Waals surface area contributed by atoms with Gasteiger partial charge in [0.25, 0.3) is 5.91 Å². The zero-order chi connectivity index (χ0) is 19.1. The van der Waals surface area contributed by atoms with Crippen molar-refractivity contribution in [3.8, 4) is 5.75 Å². The van der Waals surface area contributed by atoms with Gasteiger partial charge in [0.2, 0.25) is 0 Å². The molecule has 140 valence electrons. The molecule has 4 rings (SSSR count). The van der Waals surface area contributed by atoms with Crippen LogP contribution >= 0.6 is 11.6 Å². The van der Waals surface area contributed by atoms with E-state index in [2.05, 4.69) is 5.10 Å². The molecule has 0 radical (unpaired) electrons. The maximum Gasteiger partial charge on any atom is 0.258 e. The molecule has 2 aliphatic rings. The Hall–Kier alpha value is -2.53. The summed E-state index contributed by atoms with van der Waals surface area (Å²) in [5.41, 5.74) is 4.37. The molecule has 0 aliphatic carbocycles. The predicted octanol–water partition coefficient (Wildman–Crippen LogP) is 4.09. The first kappa shape index (κ1) is 17.9. The number of fused-ring (bicyclic) bond motifs is 1. The van der Waals surface area contributed by atoms with Gasteiger partial charge in [-0.25, -0.2) is 0 Å². The number of rotatable bonds is 3. The molecule has 2 unspecified atom stereocenters. The minimum absolute atomic E-state index is 0.0476. The lowest BCUT2D eigenvalue weighted by atomic mass is 10.1. The zero-order valence-electron chi connectivity index (χ0n) is 15.6. The van der Waals surface area contributed by atoms with Gasteiger partial charge >= 0.3 is 0 Å². The molecular weight excluding hydrogens is 362 g/mol. The van der Waals surface area contributed by atoms with Crippen LogP contribution in [-0.4, -0.2) is 36.7 Å². The lowest BCUT2D eigenvalue weighted by Gasteiger charge is -2.23. The highest BCUT2D eigenvalue weighted by Gasteiger charge is 2.31. The van der Waals surface area contributed by atoms with Gasteiger partial charge in [0.1, 0.15) is 5.75 Å². The summed E-state index contributed by atoms with van der Waals surface area (Å²) in [5, 5.41) is 6.30. The van der Waals surface area contributed by atoms with Gasteiger partial charge in [0.05, 0.1) is 29.4 Å². The lowest BCUT2D eigenvalue weighted by Crippen LogP contribution is -2.31. The second-order valence-corrected chi connectivity index (χ2v) is 7.50. The minimum atomic E-state index is -0.124. The van der Waals surface area contributed by atoms with Crippen LogP contribution < -0.4 is 14.6 Å². The molecule has 2 heterocycles. The van der Waals surface area contributed by atoms with Crippen molar-refractivity contribution in [3.63, 3.8) is 0 Å². The molecule has 0 spiro atoms. The maximum atomic E-state index is 13.0. The van der Waals surface area contributed by atoms with Crippen LogP contribution in [0.4, 0.5) is 11.4 Å².